The number of rotatable bonds is 5. The number of benzene rings is 1. The normalized spacial score (nSPS) is 10.6. The zero-order chi connectivity index (χ0) is 15.4. The Kier molecular flexibility index (Phi) is 4.59. The zero-order valence-electron chi connectivity index (χ0n) is 11.4. The fraction of sp³-hybridized carbons (Fsp3) is 0.0714. The fourth-order valence-electron chi connectivity index (χ4n) is 1.84. The summed E-state index contributed by atoms with van der Waals surface area (Å²) in [6.07, 6.45) is 5.37. The van der Waals surface area contributed by atoms with Crippen molar-refractivity contribution in [1.29, 1.82) is 0 Å². The largest absolute Gasteiger partial charge is 0.325 e. The molecular formula is C14H12BrN5OS. The minimum Gasteiger partial charge on any atom is -0.325 e. The average molecular weight is 378 g/mol. The van der Waals surface area contributed by atoms with Crippen molar-refractivity contribution in [3.05, 3.63) is 59.6 Å². The first-order valence-corrected chi connectivity index (χ1v) is 8.22. The molecule has 0 radical (unpaired) electrons. The van der Waals surface area contributed by atoms with Gasteiger partial charge in [0, 0.05) is 22.6 Å². The number of carbonyl (C=O) groups excluding carboxylic acids is 1. The molecule has 0 unspecified atom stereocenters. The summed E-state index contributed by atoms with van der Waals surface area (Å²) >= 11 is 4.70. The summed E-state index contributed by atoms with van der Waals surface area (Å²) in [5.41, 5.74) is 0.756. The smallest absolute Gasteiger partial charge is 0.234 e. The number of thioether (sulfide) groups is 1. The Labute approximate surface area is 139 Å². The molecule has 0 aliphatic rings. The lowest BCUT2D eigenvalue weighted by Gasteiger charge is -2.07. The second-order valence-corrected chi connectivity index (χ2v) is 6.23. The predicted molar refractivity (Wildman–Crippen MR) is 88.7 cm³/mol. The second kappa shape index (κ2) is 6.80. The van der Waals surface area contributed by atoms with Gasteiger partial charge >= 0.3 is 0 Å². The molecule has 0 bridgehead atoms. The van der Waals surface area contributed by atoms with E-state index < -0.39 is 0 Å². The van der Waals surface area contributed by atoms with Gasteiger partial charge in [0.05, 0.1) is 5.75 Å². The molecule has 0 spiro atoms. The summed E-state index contributed by atoms with van der Waals surface area (Å²) < 4.78 is 4.54. The summed E-state index contributed by atoms with van der Waals surface area (Å²) in [5, 5.41) is 11.4. The third-order valence-corrected chi connectivity index (χ3v) is 4.21. The Morgan fingerprint density at radius 2 is 2.09 bits per heavy atom. The van der Waals surface area contributed by atoms with Gasteiger partial charge in [0.2, 0.25) is 11.1 Å². The van der Waals surface area contributed by atoms with Crippen LogP contribution in [0.2, 0.25) is 0 Å². The van der Waals surface area contributed by atoms with Crippen LogP contribution in [0.4, 0.5) is 5.69 Å². The number of anilines is 1. The van der Waals surface area contributed by atoms with E-state index in [2.05, 4.69) is 31.4 Å². The third-order valence-electron chi connectivity index (χ3n) is 2.78. The van der Waals surface area contributed by atoms with E-state index in [1.54, 1.807) is 11.0 Å². The molecule has 0 saturated heterocycles. The maximum absolute atomic E-state index is 12.0. The van der Waals surface area contributed by atoms with E-state index >= 15 is 0 Å². The molecule has 2 aromatic heterocycles. The number of nitrogens with one attached hydrogen (secondary N) is 1. The van der Waals surface area contributed by atoms with Gasteiger partial charge < -0.3 is 5.32 Å². The molecule has 0 atom stereocenters. The maximum Gasteiger partial charge on any atom is 0.234 e. The van der Waals surface area contributed by atoms with Crippen LogP contribution in [-0.4, -0.2) is 31.2 Å². The van der Waals surface area contributed by atoms with Gasteiger partial charge in [-0.05, 0) is 30.3 Å². The van der Waals surface area contributed by atoms with Crippen LogP contribution in [0.3, 0.4) is 0 Å². The minimum absolute atomic E-state index is 0.0924. The summed E-state index contributed by atoms with van der Waals surface area (Å²) in [6.45, 7) is 0. The first-order valence-electron chi connectivity index (χ1n) is 6.44. The molecule has 3 aromatic rings. The summed E-state index contributed by atoms with van der Waals surface area (Å²) in [4.78, 5) is 12.0. The minimum atomic E-state index is -0.0924. The van der Waals surface area contributed by atoms with Crippen molar-refractivity contribution >= 4 is 39.3 Å². The zero-order valence-corrected chi connectivity index (χ0v) is 13.8. The van der Waals surface area contributed by atoms with Crippen LogP contribution in [0.1, 0.15) is 0 Å². The van der Waals surface area contributed by atoms with Crippen LogP contribution in [0, 0.1) is 0 Å². The van der Waals surface area contributed by atoms with Gasteiger partial charge in [-0.3, -0.25) is 9.47 Å². The van der Waals surface area contributed by atoms with Gasteiger partial charge in [0.15, 0.2) is 0 Å². The molecule has 0 fully saturated rings. The number of nitrogens with zero attached hydrogens (tertiary/aromatic N) is 4. The van der Waals surface area contributed by atoms with E-state index in [1.807, 2.05) is 53.5 Å². The van der Waals surface area contributed by atoms with Crippen molar-refractivity contribution in [2.45, 2.75) is 5.16 Å². The summed E-state index contributed by atoms with van der Waals surface area (Å²) in [6, 6.07) is 11.3. The van der Waals surface area contributed by atoms with Crippen molar-refractivity contribution in [1.82, 2.24) is 19.5 Å². The Hall–Kier alpha value is -2.06. The van der Waals surface area contributed by atoms with Gasteiger partial charge in [-0.25, -0.2) is 4.68 Å². The molecule has 1 aromatic carbocycles. The highest BCUT2D eigenvalue weighted by molar-refractivity contribution is 9.10. The Bertz CT molecular complexity index is 771. The average Bonchev–Trinajstić information content (AvgIpc) is 3.16. The van der Waals surface area contributed by atoms with Gasteiger partial charge in [-0.15, -0.1) is 10.2 Å². The van der Waals surface area contributed by atoms with E-state index in [-0.39, 0.29) is 11.7 Å². The highest BCUT2D eigenvalue weighted by Crippen LogP contribution is 2.18. The first kappa shape index (κ1) is 14.9. The lowest BCUT2D eigenvalue weighted by molar-refractivity contribution is -0.113. The Morgan fingerprint density at radius 1 is 1.27 bits per heavy atom. The Balaban J connectivity index is 1.61. The number of aromatic nitrogens is 4. The lowest BCUT2D eigenvalue weighted by atomic mass is 10.3. The standard InChI is InChI=1S/C14H12BrN5OS/c15-11-4-3-5-12(8-11)17-13(21)9-22-14-18-16-10-20(14)19-6-1-2-7-19/h1-8,10H,9H2,(H,17,21). The van der Waals surface area contributed by atoms with Crippen molar-refractivity contribution in [2.75, 3.05) is 11.1 Å². The fourth-order valence-corrected chi connectivity index (χ4v) is 2.95. The number of halogens is 1. The van der Waals surface area contributed by atoms with Crippen LogP contribution >= 0.6 is 27.7 Å². The first-order chi connectivity index (χ1) is 10.7. The molecule has 6 nitrogen and oxygen atoms in total. The number of carbonyl (C=O) groups is 1. The van der Waals surface area contributed by atoms with Crippen molar-refractivity contribution < 1.29 is 4.79 Å². The monoisotopic (exact) mass is 377 g/mol. The quantitative estimate of drug-likeness (QED) is 0.694. The molecular weight excluding hydrogens is 366 g/mol. The van der Waals surface area contributed by atoms with Crippen molar-refractivity contribution in [2.24, 2.45) is 0 Å². The van der Waals surface area contributed by atoms with Gasteiger partial charge in [0.25, 0.3) is 0 Å². The topological polar surface area (TPSA) is 64.7 Å². The Morgan fingerprint density at radius 3 is 2.86 bits per heavy atom. The molecule has 0 aliphatic heterocycles. The highest BCUT2D eigenvalue weighted by atomic mass is 79.9. The van der Waals surface area contributed by atoms with Crippen LogP contribution < -0.4 is 5.32 Å². The van der Waals surface area contributed by atoms with E-state index in [9.17, 15) is 4.79 Å². The molecule has 3 rings (SSSR count). The third kappa shape index (κ3) is 3.58. The molecule has 0 saturated carbocycles. The molecule has 112 valence electrons. The number of hydrogen-bond donors (Lipinski definition) is 1. The molecule has 1 amide bonds. The predicted octanol–water partition coefficient (Wildman–Crippen LogP) is 2.88. The summed E-state index contributed by atoms with van der Waals surface area (Å²) in [7, 11) is 0. The van der Waals surface area contributed by atoms with Crippen LogP contribution in [0.5, 0.6) is 0 Å². The highest BCUT2D eigenvalue weighted by Gasteiger charge is 2.10. The van der Waals surface area contributed by atoms with Crippen molar-refractivity contribution in [3.63, 3.8) is 0 Å². The molecule has 1 N–H and O–H groups in total. The van der Waals surface area contributed by atoms with Gasteiger partial charge in [-0.1, -0.05) is 33.8 Å². The van der Waals surface area contributed by atoms with E-state index in [0.29, 0.717) is 5.16 Å². The number of amides is 1. The molecule has 8 heteroatoms. The van der Waals surface area contributed by atoms with E-state index in [1.165, 1.54) is 11.8 Å². The van der Waals surface area contributed by atoms with Gasteiger partial charge in [-0.2, -0.15) is 0 Å². The second-order valence-electron chi connectivity index (χ2n) is 4.37. The van der Waals surface area contributed by atoms with Gasteiger partial charge in [0.1, 0.15) is 6.33 Å². The van der Waals surface area contributed by atoms with Crippen molar-refractivity contribution in [3.8, 4) is 0 Å². The molecule has 0 aliphatic carbocycles. The van der Waals surface area contributed by atoms with Crippen LogP contribution in [0.25, 0.3) is 0 Å². The maximum atomic E-state index is 12.0. The summed E-state index contributed by atoms with van der Waals surface area (Å²) in [5.74, 6) is 0.164. The molecule has 22 heavy (non-hydrogen) atoms. The van der Waals surface area contributed by atoms with Crippen LogP contribution in [0.15, 0.2) is 64.7 Å². The van der Waals surface area contributed by atoms with E-state index in [0.717, 1.165) is 10.2 Å². The SMILES string of the molecule is O=C(CSc1nncn1-n1cccc1)Nc1cccc(Br)c1. The lowest BCUT2D eigenvalue weighted by Crippen LogP contribution is -2.15. The van der Waals surface area contributed by atoms with E-state index in [4.69, 9.17) is 0 Å². The van der Waals surface area contributed by atoms with Crippen LogP contribution in [-0.2, 0) is 4.79 Å². The number of hydrogen-bond acceptors (Lipinski definition) is 4. The molecule has 2 heterocycles.